The van der Waals surface area contributed by atoms with Gasteiger partial charge in [-0.25, -0.2) is 0 Å². The van der Waals surface area contributed by atoms with Crippen LogP contribution >= 0.6 is 0 Å². The summed E-state index contributed by atoms with van der Waals surface area (Å²) in [5.41, 5.74) is -0.933. The van der Waals surface area contributed by atoms with Crippen LogP contribution < -0.4 is 0 Å². The van der Waals surface area contributed by atoms with Crippen LogP contribution in [0.15, 0.2) is 0 Å². The van der Waals surface area contributed by atoms with Crippen LogP contribution in [0.1, 0.15) is 33.1 Å². The lowest BCUT2D eigenvalue weighted by Gasteiger charge is -2.28. The maximum Gasteiger partial charge on any atom is 0.243 e. The van der Waals surface area contributed by atoms with Crippen LogP contribution in [0.25, 0.3) is 0 Å². The van der Waals surface area contributed by atoms with Crippen molar-refractivity contribution in [2.24, 2.45) is 5.41 Å². The maximum absolute atomic E-state index is 12.1. The molecule has 1 unspecified atom stereocenters. The van der Waals surface area contributed by atoms with E-state index in [0.717, 1.165) is 12.8 Å². The van der Waals surface area contributed by atoms with E-state index in [2.05, 4.69) is 6.07 Å². The Bertz CT molecular complexity index is 281. The normalized spacial score (nSPS) is 19.1. The summed E-state index contributed by atoms with van der Waals surface area (Å²) < 4.78 is 0. The average molecular weight is 210 g/mol. The van der Waals surface area contributed by atoms with E-state index in [1.54, 1.807) is 11.8 Å². The molecule has 0 aromatic carbocycles. The maximum atomic E-state index is 12.1. The van der Waals surface area contributed by atoms with Crippen molar-refractivity contribution in [2.75, 3.05) is 13.2 Å². The fourth-order valence-corrected chi connectivity index (χ4v) is 1.54. The summed E-state index contributed by atoms with van der Waals surface area (Å²) in [6.07, 6.45) is 2.50. The predicted molar refractivity (Wildman–Crippen MR) is 55.8 cm³/mol. The van der Waals surface area contributed by atoms with Crippen LogP contribution in [-0.2, 0) is 4.79 Å². The molecule has 84 valence electrons. The molecule has 0 heterocycles. The Balaban J connectivity index is 2.75. The van der Waals surface area contributed by atoms with Crippen molar-refractivity contribution >= 4 is 5.91 Å². The van der Waals surface area contributed by atoms with Crippen molar-refractivity contribution in [1.82, 2.24) is 4.90 Å². The second kappa shape index (κ2) is 4.63. The average Bonchev–Trinajstić information content (AvgIpc) is 3.07. The van der Waals surface area contributed by atoms with E-state index in [1.165, 1.54) is 0 Å². The first kappa shape index (κ1) is 12.0. The van der Waals surface area contributed by atoms with Gasteiger partial charge < -0.3 is 10.0 Å². The van der Waals surface area contributed by atoms with E-state index in [1.807, 2.05) is 6.92 Å². The molecule has 1 N–H and O–H groups in total. The molecule has 0 aromatic heterocycles. The summed E-state index contributed by atoms with van der Waals surface area (Å²) in [4.78, 5) is 13.8. The summed E-state index contributed by atoms with van der Waals surface area (Å²) in [7, 11) is 0. The topological polar surface area (TPSA) is 64.3 Å². The number of hydrogen-bond donors (Lipinski definition) is 1. The van der Waals surface area contributed by atoms with Crippen LogP contribution in [0.4, 0.5) is 0 Å². The van der Waals surface area contributed by atoms with Gasteiger partial charge in [-0.3, -0.25) is 4.79 Å². The fraction of sp³-hybridized carbons (Fsp3) is 0.818. The van der Waals surface area contributed by atoms with Crippen LogP contribution in [0.3, 0.4) is 0 Å². The third-order valence-corrected chi connectivity index (χ3v) is 3.02. The largest absolute Gasteiger partial charge is 0.395 e. The number of carbonyl (C=O) groups excluding carboxylic acids is 1. The molecule has 1 rings (SSSR count). The first-order chi connectivity index (χ1) is 7.09. The van der Waals surface area contributed by atoms with E-state index in [4.69, 9.17) is 10.4 Å². The molecule has 1 saturated carbocycles. The smallest absolute Gasteiger partial charge is 0.243 e. The highest BCUT2D eigenvalue weighted by Crippen LogP contribution is 2.32. The minimum absolute atomic E-state index is 0.0343. The number of hydrogen-bond acceptors (Lipinski definition) is 3. The lowest BCUT2D eigenvalue weighted by atomic mass is 9.87. The Morgan fingerprint density at radius 3 is 2.60 bits per heavy atom. The Morgan fingerprint density at radius 1 is 1.67 bits per heavy atom. The SMILES string of the molecule is CCC(C)(C#N)C(=O)N(CCO)C1CC1. The number of aliphatic hydroxyl groups excluding tert-OH is 1. The number of aliphatic hydroxyl groups is 1. The number of carbonyl (C=O) groups is 1. The Labute approximate surface area is 90.5 Å². The van der Waals surface area contributed by atoms with Gasteiger partial charge in [0, 0.05) is 12.6 Å². The van der Waals surface area contributed by atoms with Gasteiger partial charge in [0.25, 0.3) is 0 Å². The summed E-state index contributed by atoms with van der Waals surface area (Å²) in [5, 5.41) is 17.9. The van der Waals surface area contributed by atoms with Crippen LogP contribution in [0.2, 0.25) is 0 Å². The molecule has 0 aliphatic heterocycles. The van der Waals surface area contributed by atoms with Gasteiger partial charge in [0.2, 0.25) is 5.91 Å². The molecule has 0 spiro atoms. The highest BCUT2D eigenvalue weighted by atomic mass is 16.3. The molecule has 4 nitrogen and oxygen atoms in total. The number of amides is 1. The zero-order valence-corrected chi connectivity index (χ0v) is 9.36. The third-order valence-electron chi connectivity index (χ3n) is 3.02. The molecule has 15 heavy (non-hydrogen) atoms. The Kier molecular flexibility index (Phi) is 3.70. The fourth-order valence-electron chi connectivity index (χ4n) is 1.54. The minimum atomic E-state index is -0.933. The monoisotopic (exact) mass is 210 g/mol. The molecule has 0 saturated heterocycles. The van der Waals surface area contributed by atoms with Gasteiger partial charge in [-0.05, 0) is 26.2 Å². The van der Waals surface area contributed by atoms with Crippen molar-refractivity contribution < 1.29 is 9.90 Å². The summed E-state index contributed by atoms with van der Waals surface area (Å²) in [6, 6.07) is 2.33. The molecule has 1 fully saturated rings. The summed E-state index contributed by atoms with van der Waals surface area (Å²) >= 11 is 0. The summed E-state index contributed by atoms with van der Waals surface area (Å²) in [6.45, 7) is 3.82. The van der Waals surface area contributed by atoms with Gasteiger partial charge in [-0.15, -0.1) is 0 Å². The van der Waals surface area contributed by atoms with Crippen LogP contribution in [0, 0.1) is 16.7 Å². The van der Waals surface area contributed by atoms with E-state index in [0.29, 0.717) is 13.0 Å². The molecule has 1 amide bonds. The second-order valence-corrected chi connectivity index (χ2v) is 4.25. The molecular formula is C11H18N2O2. The van der Waals surface area contributed by atoms with Gasteiger partial charge in [0.15, 0.2) is 0 Å². The zero-order chi connectivity index (χ0) is 11.5. The minimum Gasteiger partial charge on any atom is -0.395 e. The zero-order valence-electron chi connectivity index (χ0n) is 9.36. The third kappa shape index (κ3) is 2.48. The lowest BCUT2D eigenvalue weighted by molar-refractivity contribution is -0.139. The van der Waals surface area contributed by atoms with E-state index >= 15 is 0 Å². The highest BCUT2D eigenvalue weighted by Gasteiger charge is 2.41. The first-order valence-electron chi connectivity index (χ1n) is 5.42. The van der Waals surface area contributed by atoms with Crippen LogP contribution in [-0.4, -0.2) is 35.1 Å². The van der Waals surface area contributed by atoms with Gasteiger partial charge in [-0.2, -0.15) is 5.26 Å². The quantitative estimate of drug-likeness (QED) is 0.733. The van der Waals surface area contributed by atoms with Crippen LogP contribution in [0.5, 0.6) is 0 Å². The number of rotatable bonds is 5. The highest BCUT2D eigenvalue weighted by molar-refractivity contribution is 5.85. The molecule has 4 heteroatoms. The van der Waals surface area contributed by atoms with Gasteiger partial charge in [0.05, 0.1) is 12.7 Å². The molecule has 1 aliphatic carbocycles. The first-order valence-corrected chi connectivity index (χ1v) is 5.42. The van der Waals surface area contributed by atoms with Gasteiger partial charge >= 0.3 is 0 Å². The van der Waals surface area contributed by atoms with Crippen molar-refractivity contribution in [1.29, 1.82) is 5.26 Å². The van der Waals surface area contributed by atoms with Crippen molar-refractivity contribution in [3.05, 3.63) is 0 Å². The molecular weight excluding hydrogens is 192 g/mol. The number of nitriles is 1. The van der Waals surface area contributed by atoms with E-state index in [9.17, 15) is 4.79 Å². The molecule has 0 bridgehead atoms. The Morgan fingerprint density at radius 2 is 2.27 bits per heavy atom. The van der Waals surface area contributed by atoms with Crippen molar-refractivity contribution in [3.63, 3.8) is 0 Å². The van der Waals surface area contributed by atoms with E-state index in [-0.39, 0.29) is 18.6 Å². The van der Waals surface area contributed by atoms with Gasteiger partial charge in [0.1, 0.15) is 5.41 Å². The van der Waals surface area contributed by atoms with Gasteiger partial charge in [-0.1, -0.05) is 6.92 Å². The van der Waals surface area contributed by atoms with Crippen molar-refractivity contribution in [3.8, 4) is 6.07 Å². The summed E-state index contributed by atoms with van der Waals surface area (Å²) in [5.74, 6) is -0.135. The molecule has 1 aliphatic rings. The Hall–Kier alpha value is -1.08. The number of nitrogens with zero attached hydrogens (tertiary/aromatic N) is 2. The lowest BCUT2D eigenvalue weighted by Crippen LogP contribution is -2.44. The molecule has 1 atom stereocenters. The van der Waals surface area contributed by atoms with E-state index < -0.39 is 5.41 Å². The predicted octanol–water partition coefficient (Wildman–Crippen LogP) is 0.910. The standard InChI is InChI=1S/C11H18N2O2/c1-3-11(2,8-12)10(15)13(6-7-14)9-4-5-9/h9,14H,3-7H2,1-2H3. The van der Waals surface area contributed by atoms with Crippen molar-refractivity contribution in [2.45, 2.75) is 39.2 Å². The molecule has 0 aromatic rings. The second-order valence-electron chi connectivity index (χ2n) is 4.25. The molecule has 0 radical (unpaired) electrons.